The average molecular weight is 515 g/mol. The zero-order valence-electron chi connectivity index (χ0n) is 18.8. The van der Waals surface area contributed by atoms with Crippen molar-refractivity contribution < 1.29 is 46.5 Å². The maximum atomic E-state index is 13.4. The van der Waals surface area contributed by atoms with Crippen molar-refractivity contribution in [2.24, 2.45) is 5.92 Å². The summed E-state index contributed by atoms with van der Waals surface area (Å²) >= 11 is 0. The molecule has 4 N–H and O–H groups in total. The topological polar surface area (TPSA) is 122 Å². The summed E-state index contributed by atoms with van der Waals surface area (Å²) in [4.78, 5) is 20.2. The minimum absolute atomic E-state index is 0.0674. The zero-order chi connectivity index (χ0) is 26.1. The van der Waals surface area contributed by atoms with Crippen LogP contribution in [-0.2, 0) is 25.3 Å². The second-order valence-corrected chi connectivity index (χ2v) is 9.02. The van der Waals surface area contributed by atoms with Crippen LogP contribution in [0.4, 0.5) is 31.1 Å². The van der Waals surface area contributed by atoms with Crippen LogP contribution in [-0.4, -0.2) is 79.3 Å². The highest BCUT2D eigenvalue weighted by Gasteiger charge is 2.44. The fraction of sp³-hybridized carbons (Fsp3) is 0.750. The van der Waals surface area contributed by atoms with E-state index in [0.29, 0.717) is 13.0 Å². The van der Waals surface area contributed by atoms with Gasteiger partial charge in [-0.05, 0) is 25.2 Å². The van der Waals surface area contributed by atoms with Crippen LogP contribution in [0, 0.1) is 5.92 Å². The predicted octanol–water partition coefficient (Wildman–Crippen LogP) is 2.27. The van der Waals surface area contributed by atoms with Gasteiger partial charge in [0.2, 0.25) is 5.82 Å². The first-order valence-corrected chi connectivity index (χ1v) is 11.0. The van der Waals surface area contributed by atoms with Crippen LogP contribution >= 0.6 is 0 Å². The molecular weight excluding hydrogens is 488 g/mol. The van der Waals surface area contributed by atoms with E-state index in [0.717, 1.165) is 6.42 Å². The van der Waals surface area contributed by atoms with Crippen LogP contribution in [0.1, 0.15) is 49.0 Å². The van der Waals surface area contributed by atoms with Gasteiger partial charge in [0.05, 0.1) is 5.69 Å². The van der Waals surface area contributed by atoms with Gasteiger partial charge in [-0.25, -0.2) is 14.8 Å². The molecule has 0 aromatic carbocycles. The Morgan fingerprint density at radius 3 is 2.46 bits per heavy atom. The number of nitrogens with one attached hydrogen (secondary N) is 1. The second-order valence-electron chi connectivity index (χ2n) is 9.02. The molecule has 0 radical (unpaired) electrons. The fourth-order valence-electron chi connectivity index (χ4n) is 4.53. The number of alkyl halides is 6. The Morgan fingerprint density at radius 2 is 1.86 bits per heavy atom. The number of nitrogens with zero attached hydrogens (tertiary/aromatic N) is 4. The van der Waals surface area contributed by atoms with E-state index >= 15 is 0 Å². The molecule has 0 spiro atoms. The summed E-state index contributed by atoms with van der Waals surface area (Å²) in [5.41, 5.74) is -2.60. The second kappa shape index (κ2) is 10.4. The number of rotatable bonds is 6. The van der Waals surface area contributed by atoms with Gasteiger partial charge in [-0.2, -0.15) is 26.3 Å². The predicted molar refractivity (Wildman–Crippen MR) is 108 cm³/mol. The van der Waals surface area contributed by atoms with Crippen molar-refractivity contribution in [2.75, 3.05) is 19.6 Å². The lowest BCUT2D eigenvalue weighted by Crippen LogP contribution is -2.53. The van der Waals surface area contributed by atoms with Crippen molar-refractivity contribution in [3.05, 3.63) is 22.8 Å². The van der Waals surface area contributed by atoms with Crippen molar-refractivity contribution in [1.82, 2.24) is 25.1 Å². The third kappa shape index (κ3) is 6.92. The maximum absolute atomic E-state index is 13.4. The first kappa shape index (κ1) is 27.4. The largest absolute Gasteiger partial charge is 0.465 e. The highest BCUT2D eigenvalue weighted by molar-refractivity contribution is 5.64. The highest BCUT2D eigenvalue weighted by Crippen LogP contribution is 2.37. The number of carboxylic acid groups (broad SMARTS) is 1. The van der Waals surface area contributed by atoms with E-state index in [1.807, 2.05) is 6.92 Å². The molecule has 0 bridgehead atoms. The van der Waals surface area contributed by atoms with Crippen molar-refractivity contribution in [3.63, 3.8) is 0 Å². The van der Waals surface area contributed by atoms with Crippen LogP contribution in [0.2, 0.25) is 0 Å². The van der Waals surface area contributed by atoms with Gasteiger partial charge in [-0.15, -0.1) is 0 Å². The standard InChI is InChI=1S/C20H27F6N5O4/c1-10-2-3-14(32)31(7-10)8-11(27-18(34)35)6-15(33)30-5-4-12-13(9-30)28-17(20(24,25)26)29-16(12)19(21,22)23/h10-11,14-15,27,32-33H,2-9H2,1H3,(H,34,35)/t10-,11+,14?,15?/m1/s1. The molecule has 3 heterocycles. The Morgan fingerprint density at radius 1 is 1.17 bits per heavy atom. The maximum Gasteiger partial charge on any atom is 0.451 e. The lowest BCUT2D eigenvalue weighted by molar-refractivity contribution is -0.153. The van der Waals surface area contributed by atoms with Gasteiger partial charge in [0.25, 0.3) is 0 Å². The number of aliphatic hydroxyl groups is 2. The third-order valence-corrected chi connectivity index (χ3v) is 6.20. The van der Waals surface area contributed by atoms with Gasteiger partial charge in [0, 0.05) is 44.2 Å². The van der Waals surface area contributed by atoms with E-state index < -0.39 is 66.3 Å². The molecule has 1 aromatic heterocycles. The summed E-state index contributed by atoms with van der Waals surface area (Å²) < 4.78 is 79.4. The van der Waals surface area contributed by atoms with E-state index in [2.05, 4.69) is 15.3 Å². The lowest BCUT2D eigenvalue weighted by Gasteiger charge is -2.39. The number of likely N-dealkylation sites (tertiary alicyclic amines) is 1. The number of carbonyl (C=O) groups is 1. The summed E-state index contributed by atoms with van der Waals surface area (Å²) in [6, 6.07) is -0.856. The zero-order valence-corrected chi connectivity index (χ0v) is 18.8. The van der Waals surface area contributed by atoms with Crippen LogP contribution in [0.5, 0.6) is 0 Å². The fourth-order valence-corrected chi connectivity index (χ4v) is 4.53. The Labute approximate surface area is 196 Å². The van der Waals surface area contributed by atoms with Crippen molar-refractivity contribution >= 4 is 6.09 Å². The molecule has 1 aromatic rings. The molecule has 2 aliphatic rings. The first-order chi connectivity index (χ1) is 16.1. The molecule has 2 aliphatic heterocycles. The van der Waals surface area contributed by atoms with E-state index in [1.54, 1.807) is 4.90 Å². The number of piperidine rings is 1. The molecular formula is C20H27F6N5O4. The van der Waals surface area contributed by atoms with E-state index in [1.165, 1.54) is 4.90 Å². The van der Waals surface area contributed by atoms with Gasteiger partial charge in [0.15, 0.2) is 5.69 Å². The van der Waals surface area contributed by atoms with Crippen molar-refractivity contribution in [1.29, 1.82) is 0 Å². The lowest BCUT2D eigenvalue weighted by atomic mass is 9.97. The van der Waals surface area contributed by atoms with E-state index in [4.69, 9.17) is 0 Å². The van der Waals surface area contributed by atoms with Gasteiger partial charge in [-0.3, -0.25) is 9.80 Å². The Hall–Kier alpha value is -2.23. The minimum atomic E-state index is -5.20. The monoisotopic (exact) mass is 515 g/mol. The van der Waals surface area contributed by atoms with Gasteiger partial charge in [0.1, 0.15) is 12.5 Å². The summed E-state index contributed by atoms with van der Waals surface area (Å²) in [6.07, 6.45) is -13.1. The van der Waals surface area contributed by atoms with Gasteiger partial charge in [-0.1, -0.05) is 6.92 Å². The van der Waals surface area contributed by atoms with Crippen LogP contribution in [0.25, 0.3) is 0 Å². The van der Waals surface area contributed by atoms with Crippen LogP contribution < -0.4 is 5.32 Å². The Bertz CT molecular complexity index is 915. The molecule has 4 atom stereocenters. The number of hydrogen-bond donors (Lipinski definition) is 4. The molecule has 0 aliphatic carbocycles. The number of aliphatic hydroxyl groups excluding tert-OH is 2. The molecule has 15 heteroatoms. The molecule has 1 fully saturated rings. The molecule has 35 heavy (non-hydrogen) atoms. The summed E-state index contributed by atoms with van der Waals surface area (Å²) in [7, 11) is 0. The number of amides is 1. The Balaban J connectivity index is 1.78. The summed E-state index contributed by atoms with van der Waals surface area (Å²) in [6.45, 7) is 1.91. The average Bonchev–Trinajstić information content (AvgIpc) is 2.73. The SMILES string of the molecule is C[C@@H]1CCC(O)N(C[C@H](CC(O)N2CCc3c(nc(C(F)(F)F)nc3C(F)(F)F)C2)NC(=O)O)C1. The van der Waals surface area contributed by atoms with Gasteiger partial charge < -0.3 is 20.6 Å². The number of aromatic nitrogens is 2. The first-order valence-electron chi connectivity index (χ1n) is 11.0. The van der Waals surface area contributed by atoms with E-state index in [-0.39, 0.29) is 31.8 Å². The smallest absolute Gasteiger partial charge is 0.451 e. The molecule has 198 valence electrons. The van der Waals surface area contributed by atoms with Crippen LogP contribution in [0.15, 0.2) is 0 Å². The number of halogens is 6. The Kier molecular flexibility index (Phi) is 8.13. The van der Waals surface area contributed by atoms with E-state index in [9.17, 15) is 46.5 Å². The summed E-state index contributed by atoms with van der Waals surface area (Å²) in [5, 5.41) is 32.4. The van der Waals surface area contributed by atoms with Crippen molar-refractivity contribution in [3.8, 4) is 0 Å². The molecule has 1 saturated heterocycles. The normalized spacial score (nSPS) is 24.0. The molecule has 1 amide bonds. The van der Waals surface area contributed by atoms with Crippen LogP contribution in [0.3, 0.4) is 0 Å². The molecule has 9 nitrogen and oxygen atoms in total. The van der Waals surface area contributed by atoms with Crippen molar-refractivity contribution in [2.45, 2.75) is 70.0 Å². The number of hydrogen-bond acceptors (Lipinski definition) is 7. The molecule has 2 unspecified atom stereocenters. The highest BCUT2D eigenvalue weighted by atomic mass is 19.4. The number of fused-ring (bicyclic) bond motifs is 1. The molecule has 0 saturated carbocycles. The minimum Gasteiger partial charge on any atom is -0.465 e. The third-order valence-electron chi connectivity index (χ3n) is 6.20. The van der Waals surface area contributed by atoms with Gasteiger partial charge >= 0.3 is 18.4 Å². The molecule has 3 rings (SSSR count). The quantitative estimate of drug-likeness (QED) is 0.426. The summed E-state index contributed by atoms with van der Waals surface area (Å²) in [5.74, 6) is -1.66.